The molecular weight excluding hydrogens is 228 g/mol. The highest BCUT2D eigenvalue weighted by Crippen LogP contribution is 2.11. The summed E-state index contributed by atoms with van der Waals surface area (Å²) in [6, 6.07) is 1.86. The fraction of sp³-hybridized carbons (Fsp3) is 0.667. The number of nitrogens with zero attached hydrogens (tertiary/aromatic N) is 4. The Hall–Kier alpha value is -1.24. The number of hydrogen-bond donors (Lipinski definition) is 2. The normalized spacial score (nSPS) is 26.2. The van der Waals surface area contributed by atoms with Gasteiger partial charge in [0.05, 0.1) is 6.17 Å². The number of hydrogen-bond acceptors (Lipinski definition) is 6. The summed E-state index contributed by atoms with van der Waals surface area (Å²) in [4.78, 5) is 13.4. The lowest BCUT2D eigenvalue weighted by molar-refractivity contribution is 0.139. The summed E-state index contributed by atoms with van der Waals surface area (Å²) in [5.74, 6) is 0.854. The van der Waals surface area contributed by atoms with Gasteiger partial charge < -0.3 is 10.2 Å². The molecule has 0 amide bonds. The molecule has 2 saturated heterocycles. The van der Waals surface area contributed by atoms with Crippen LogP contribution in [0.5, 0.6) is 0 Å². The van der Waals surface area contributed by atoms with Gasteiger partial charge in [0.15, 0.2) is 0 Å². The van der Waals surface area contributed by atoms with Gasteiger partial charge in [-0.15, -0.1) is 0 Å². The summed E-state index contributed by atoms with van der Waals surface area (Å²) >= 11 is 0. The Morgan fingerprint density at radius 3 is 2.50 bits per heavy atom. The summed E-state index contributed by atoms with van der Waals surface area (Å²) in [6.45, 7) is 7.32. The molecule has 0 spiro atoms. The van der Waals surface area contributed by atoms with E-state index in [-0.39, 0.29) is 0 Å². The van der Waals surface area contributed by atoms with Gasteiger partial charge in [0.25, 0.3) is 0 Å². The smallest absolute Gasteiger partial charge is 0.225 e. The molecule has 2 fully saturated rings. The van der Waals surface area contributed by atoms with Gasteiger partial charge in [-0.1, -0.05) is 0 Å². The maximum Gasteiger partial charge on any atom is 0.225 e. The van der Waals surface area contributed by atoms with E-state index in [0.29, 0.717) is 6.17 Å². The van der Waals surface area contributed by atoms with E-state index in [1.165, 1.54) is 0 Å². The molecule has 0 aromatic carbocycles. The molecule has 3 rings (SSSR count). The van der Waals surface area contributed by atoms with Crippen LogP contribution in [0.15, 0.2) is 18.5 Å². The van der Waals surface area contributed by atoms with Crippen LogP contribution in [-0.4, -0.2) is 66.8 Å². The Morgan fingerprint density at radius 1 is 1.06 bits per heavy atom. The standard InChI is InChI=1S/C12H20N6/c1-2-15-12(16-3-1)18-8-6-17(7-9-18)11-10-13-4-5-14-11/h1-3,11,13-14H,4-10H2. The number of aromatic nitrogens is 2. The summed E-state index contributed by atoms with van der Waals surface area (Å²) in [7, 11) is 0. The van der Waals surface area contributed by atoms with Gasteiger partial charge in [-0.25, -0.2) is 9.97 Å². The monoisotopic (exact) mass is 248 g/mol. The second-order valence-corrected chi connectivity index (χ2v) is 4.75. The molecule has 2 aliphatic heterocycles. The average Bonchev–Trinajstić information content (AvgIpc) is 2.49. The van der Waals surface area contributed by atoms with Gasteiger partial charge in [0.1, 0.15) is 0 Å². The maximum absolute atomic E-state index is 4.31. The molecule has 1 aromatic rings. The minimum Gasteiger partial charge on any atom is -0.338 e. The van der Waals surface area contributed by atoms with E-state index in [1.807, 2.05) is 6.07 Å². The van der Waals surface area contributed by atoms with E-state index < -0.39 is 0 Å². The number of rotatable bonds is 2. The maximum atomic E-state index is 4.31. The van der Waals surface area contributed by atoms with Crippen molar-refractivity contribution < 1.29 is 0 Å². The molecule has 0 saturated carbocycles. The summed E-state index contributed by atoms with van der Waals surface area (Å²) in [5.41, 5.74) is 0. The first-order valence-corrected chi connectivity index (χ1v) is 6.63. The van der Waals surface area contributed by atoms with Crippen molar-refractivity contribution in [3.8, 4) is 0 Å². The lowest BCUT2D eigenvalue weighted by atomic mass is 10.2. The molecule has 2 aliphatic rings. The molecule has 0 bridgehead atoms. The van der Waals surface area contributed by atoms with Crippen LogP contribution in [0.4, 0.5) is 5.95 Å². The van der Waals surface area contributed by atoms with Crippen LogP contribution in [0.3, 0.4) is 0 Å². The first-order chi connectivity index (χ1) is 8.93. The summed E-state index contributed by atoms with van der Waals surface area (Å²) in [5, 5.41) is 6.99. The molecule has 1 atom stereocenters. The number of anilines is 1. The predicted octanol–water partition coefficient (Wildman–Crippen LogP) is -0.882. The van der Waals surface area contributed by atoms with Gasteiger partial charge in [0, 0.05) is 58.2 Å². The zero-order chi connectivity index (χ0) is 12.2. The second kappa shape index (κ2) is 5.60. The fourth-order valence-corrected chi connectivity index (χ4v) is 2.58. The van der Waals surface area contributed by atoms with Crippen LogP contribution < -0.4 is 15.5 Å². The summed E-state index contributed by atoms with van der Waals surface area (Å²) < 4.78 is 0. The predicted molar refractivity (Wildman–Crippen MR) is 70.5 cm³/mol. The quantitative estimate of drug-likeness (QED) is 0.709. The van der Waals surface area contributed by atoms with Crippen molar-refractivity contribution in [3.63, 3.8) is 0 Å². The molecule has 1 aromatic heterocycles. The average molecular weight is 248 g/mol. The Kier molecular flexibility index (Phi) is 3.68. The topological polar surface area (TPSA) is 56.3 Å². The highest BCUT2D eigenvalue weighted by Gasteiger charge is 2.25. The highest BCUT2D eigenvalue weighted by molar-refractivity contribution is 5.29. The van der Waals surface area contributed by atoms with Crippen LogP contribution in [0.1, 0.15) is 0 Å². The molecule has 18 heavy (non-hydrogen) atoms. The Bertz CT molecular complexity index is 356. The van der Waals surface area contributed by atoms with E-state index in [0.717, 1.165) is 51.8 Å². The molecule has 0 aliphatic carbocycles. The Morgan fingerprint density at radius 2 is 1.83 bits per heavy atom. The molecule has 0 radical (unpaired) electrons. The van der Waals surface area contributed by atoms with E-state index in [1.54, 1.807) is 12.4 Å². The Balaban J connectivity index is 1.54. The van der Waals surface area contributed by atoms with Crippen LogP contribution in [0.25, 0.3) is 0 Å². The van der Waals surface area contributed by atoms with Crippen molar-refractivity contribution in [2.45, 2.75) is 6.17 Å². The molecule has 2 N–H and O–H groups in total. The third kappa shape index (κ3) is 2.60. The second-order valence-electron chi connectivity index (χ2n) is 4.75. The third-order valence-electron chi connectivity index (χ3n) is 3.61. The summed E-state index contributed by atoms with van der Waals surface area (Å²) in [6.07, 6.45) is 4.10. The van der Waals surface area contributed by atoms with Gasteiger partial charge in [-0.05, 0) is 6.07 Å². The van der Waals surface area contributed by atoms with Gasteiger partial charge in [-0.2, -0.15) is 0 Å². The minimum absolute atomic E-state index is 0.484. The van der Waals surface area contributed by atoms with Crippen molar-refractivity contribution in [1.82, 2.24) is 25.5 Å². The van der Waals surface area contributed by atoms with Gasteiger partial charge in [-0.3, -0.25) is 10.2 Å². The Labute approximate surface area is 107 Å². The third-order valence-corrected chi connectivity index (χ3v) is 3.61. The van der Waals surface area contributed by atoms with Crippen LogP contribution in [0, 0.1) is 0 Å². The minimum atomic E-state index is 0.484. The van der Waals surface area contributed by atoms with Crippen molar-refractivity contribution in [1.29, 1.82) is 0 Å². The van der Waals surface area contributed by atoms with Crippen molar-refractivity contribution in [3.05, 3.63) is 18.5 Å². The lowest BCUT2D eigenvalue weighted by Gasteiger charge is -2.41. The van der Waals surface area contributed by atoms with E-state index in [4.69, 9.17) is 0 Å². The lowest BCUT2D eigenvalue weighted by Crippen LogP contribution is -2.61. The molecule has 98 valence electrons. The first kappa shape index (κ1) is 11.8. The molecular formula is C12H20N6. The molecule has 1 unspecified atom stereocenters. The number of nitrogens with one attached hydrogen (secondary N) is 2. The van der Waals surface area contributed by atoms with Crippen molar-refractivity contribution in [2.75, 3.05) is 50.7 Å². The van der Waals surface area contributed by atoms with Crippen LogP contribution >= 0.6 is 0 Å². The highest BCUT2D eigenvalue weighted by atomic mass is 15.4. The van der Waals surface area contributed by atoms with E-state index in [2.05, 4.69) is 30.4 Å². The van der Waals surface area contributed by atoms with Crippen LogP contribution in [-0.2, 0) is 0 Å². The zero-order valence-electron chi connectivity index (χ0n) is 10.5. The van der Waals surface area contributed by atoms with Gasteiger partial charge in [0.2, 0.25) is 5.95 Å². The van der Waals surface area contributed by atoms with E-state index >= 15 is 0 Å². The largest absolute Gasteiger partial charge is 0.338 e. The SMILES string of the molecule is c1cnc(N2CCN(C3CNCCN3)CC2)nc1. The van der Waals surface area contributed by atoms with E-state index in [9.17, 15) is 0 Å². The number of piperazine rings is 2. The fourth-order valence-electron chi connectivity index (χ4n) is 2.58. The van der Waals surface area contributed by atoms with Crippen LogP contribution in [0.2, 0.25) is 0 Å². The van der Waals surface area contributed by atoms with Gasteiger partial charge >= 0.3 is 0 Å². The zero-order valence-corrected chi connectivity index (χ0v) is 10.5. The van der Waals surface area contributed by atoms with Crippen molar-refractivity contribution >= 4 is 5.95 Å². The molecule has 6 nitrogen and oxygen atoms in total. The first-order valence-electron chi connectivity index (χ1n) is 6.63. The molecule has 6 heteroatoms. The van der Waals surface area contributed by atoms with Crippen molar-refractivity contribution in [2.24, 2.45) is 0 Å². The molecule has 3 heterocycles.